The first-order valence-electron chi connectivity index (χ1n) is 12.9. The number of phenols is 1. The molecule has 1 nitrogen and oxygen atoms in total. The van der Waals surface area contributed by atoms with Crippen LogP contribution in [0.4, 0.5) is 0 Å². The maximum absolute atomic E-state index is 10.9. The van der Waals surface area contributed by atoms with Crippen LogP contribution in [0.5, 0.6) is 5.75 Å². The summed E-state index contributed by atoms with van der Waals surface area (Å²) in [7, 11) is 0. The molecule has 3 aromatic rings. The predicted octanol–water partition coefficient (Wildman–Crippen LogP) is 9.56. The molecule has 0 fully saturated rings. The molecular weight excluding hydrogens is 490 g/mol. The van der Waals surface area contributed by atoms with Gasteiger partial charge in [0.1, 0.15) is 0 Å². The van der Waals surface area contributed by atoms with Crippen LogP contribution >= 0.6 is 28.8 Å². The average molecular weight is 530 g/mol. The van der Waals surface area contributed by atoms with E-state index in [0.29, 0.717) is 11.2 Å². The van der Waals surface area contributed by atoms with Gasteiger partial charge in [-0.05, 0) is 0 Å². The Balaban J connectivity index is 2.21. The third-order valence-corrected chi connectivity index (χ3v) is 14.4. The SMILES string of the molecule is CCC/C=C(\CP(Cl)(CCCCCCC)(c1ccccc1)c1ccccc1)c1cc(Cl)ccc1O. The van der Waals surface area contributed by atoms with E-state index in [1.165, 1.54) is 36.3 Å². The fourth-order valence-electron chi connectivity index (χ4n) is 4.95. The zero-order valence-corrected chi connectivity index (χ0v) is 23.5. The van der Waals surface area contributed by atoms with Gasteiger partial charge in [-0.25, -0.2) is 0 Å². The van der Waals surface area contributed by atoms with Crippen molar-refractivity contribution >= 4 is 45.0 Å². The Kier molecular flexibility index (Phi) is 10.3. The monoisotopic (exact) mass is 528 g/mol. The van der Waals surface area contributed by atoms with Crippen LogP contribution in [0.1, 0.15) is 64.4 Å². The third-order valence-electron chi connectivity index (χ3n) is 6.91. The Morgan fingerprint density at radius 2 is 1.40 bits per heavy atom. The Morgan fingerprint density at radius 1 is 0.800 bits per heavy atom. The van der Waals surface area contributed by atoms with Gasteiger partial charge in [0.2, 0.25) is 0 Å². The molecule has 0 radical (unpaired) electrons. The van der Waals surface area contributed by atoms with Gasteiger partial charge in [0.05, 0.1) is 0 Å². The molecule has 35 heavy (non-hydrogen) atoms. The van der Waals surface area contributed by atoms with E-state index in [1.54, 1.807) is 12.1 Å². The molecule has 0 saturated carbocycles. The Hall–Kier alpha value is -1.79. The van der Waals surface area contributed by atoms with Crippen molar-refractivity contribution in [3.05, 3.63) is 95.5 Å². The average Bonchev–Trinajstić information content (AvgIpc) is 2.89. The second-order valence-corrected chi connectivity index (χ2v) is 17.0. The molecule has 188 valence electrons. The van der Waals surface area contributed by atoms with Crippen molar-refractivity contribution in [3.63, 3.8) is 0 Å². The molecule has 4 heteroatoms. The van der Waals surface area contributed by atoms with Crippen LogP contribution in [-0.4, -0.2) is 17.4 Å². The molecule has 0 atom stereocenters. The van der Waals surface area contributed by atoms with Crippen LogP contribution in [0.15, 0.2) is 84.9 Å². The molecule has 0 spiro atoms. The zero-order chi connectivity index (χ0) is 25.2. The summed E-state index contributed by atoms with van der Waals surface area (Å²) in [6.07, 6.45) is 11.8. The van der Waals surface area contributed by atoms with Crippen molar-refractivity contribution in [2.75, 3.05) is 12.3 Å². The molecule has 3 aromatic carbocycles. The second-order valence-electron chi connectivity index (χ2n) is 9.52. The summed E-state index contributed by atoms with van der Waals surface area (Å²) in [5.41, 5.74) is 1.87. The molecule has 0 saturated heterocycles. The number of allylic oxidation sites excluding steroid dienone is 2. The normalized spacial score (nSPS) is 13.4. The summed E-state index contributed by atoms with van der Waals surface area (Å²) < 4.78 is 0. The van der Waals surface area contributed by atoms with Crippen LogP contribution in [0.25, 0.3) is 5.57 Å². The number of hydrogen-bond acceptors (Lipinski definition) is 1. The van der Waals surface area contributed by atoms with Gasteiger partial charge in [0.15, 0.2) is 0 Å². The molecule has 0 unspecified atom stereocenters. The fraction of sp³-hybridized carbons (Fsp3) is 0.355. The van der Waals surface area contributed by atoms with Crippen molar-refractivity contribution in [1.29, 1.82) is 0 Å². The summed E-state index contributed by atoms with van der Waals surface area (Å²) in [5.74, 6) is -2.96. The van der Waals surface area contributed by atoms with Crippen molar-refractivity contribution in [2.45, 2.75) is 58.8 Å². The number of halogens is 2. The molecule has 0 aromatic heterocycles. The minimum absolute atomic E-state index is 0.252. The van der Waals surface area contributed by atoms with E-state index >= 15 is 0 Å². The number of phenolic OH excluding ortho intramolecular Hbond substituents is 1. The molecule has 0 aliphatic rings. The van der Waals surface area contributed by atoms with E-state index in [1.807, 2.05) is 6.07 Å². The number of benzene rings is 3. The van der Waals surface area contributed by atoms with Gasteiger partial charge < -0.3 is 0 Å². The molecule has 1 N–H and O–H groups in total. The molecule has 0 amide bonds. The Morgan fingerprint density at radius 3 is 1.97 bits per heavy atom. The van der Waals surface area contributed by atoms with Gasteiger partial charge in [0.25, 0.3) is 0 Å². The van der Waals surface area contributed by atoms with Gasteiger partial charge >= 0.3 is 222 Å². The first kappa shape index (κ1) is 27.8. The number of hydrogen-bond donors (Lipinski definition) is 1. The van der Waals surface area contributed by atoms with Crippen molar-refractivity contribution in [3.8, 4) is 5.75 Å². The summed E-state index contributed by atoms with van der Waals surface area (Å²) in [6.45, 7) is 4.42. The molecular formula is C31H39Cl2OP. The van der Waals surface area contributed by atoms with Crippen LogP contribution in [-0.2, 0) is 0 Å². The minimum atomic E-state index is -3.21. The van der Waals surface area contributed by atoms with Gasteiger partial charge in [-0.2, -0.15) is 0 Å². The van der Waals surface area contributed by atoms with Crippen molar-refractivity contribution < 1.29 is 5.11 Å². The van der Waals surface area contributed by atoms with E-state index in [-0.39, 0.29) is 5.75 Å². The molecule has 0 bridgehead atoms. The van der Waals surface area contributed by atoms with Gasteiger partial charge in [0, 0.05) is 0 Å². The van der Waals surface area contributed by atoms with Crippen molar-refractivity contribution in [2.24, 2.45) is 0 Å². The standard InChI is InChI=1S/C31H39Cl2OP/c1-3-5-7-8-15-23-35(33,28-17-11-9-12-18-28,29-19-13-10-14-20-29)25-26(16-6-4-2)30-24-27(32)21-22-31(30)34/h9-14,16-22,24,34H,3-8,15,23,25H2,1-2H3/b26-16+. The van der Waals surface area contributed by atoms with Gasteiger partial charge in [-0.3, -0.25) is 0 Å². The number of aromatic hydroxyl groups is 1. The zero-order valence-electron chi connectivity index (χ0n) is 21.1. The van der Waals surface area contributed by atoms with Crippen molar-refractivity contribution in [1.82, 2.24) is 0 Å². The molecule has 3 rings (SSSR count). The van der Waals surface area contributed by atoms with E-state index < -0.39 is 5.96 Å². The number of unbranched alkanes of at least 4 members (excludes halogenated alkanes) is 5. The quantitative estimate of drug-likeness (QED) is 0.173. The summed E-state index contributed by atoms with van der Waals surface area (Å²) in [5, 5.41) is 13.9. The van der Waals surface area contributed by atoms with E-state index in [0.717, 1.165) is 36.6 Å². The topological polar surface area (TPSA) is 20.2 Å². The van der Waals surface area contributed by atoms with Crippen LogP contribution in [0, 0.1) is 0 Å². The summed E-state index contributed by atoms with van der Waals surface area (Å²) >= 11 is 14.7. The Labute approximate surface area is 221 Å². The summed E-state index contributed by atoms with van der Waals surface area (Å²) in [6, 6.07) is 26.7. The first-order valence-corrected chi connectivity index (χ1v) is 16.8. The first-order chi connectivity index (χ1) is 16.9. The van der Waals surface area contributed by atoms with Crippen LogP contribution in [0.3, 0.4) is 0 Å². The molecule has 0 heterocycles. The fourth-order valence-corrected chi connectivity index (χ4v) is 11.5. The molecule has 0 aliphatic heterocycles. The second kappa shape index (κ2) is 13.0. The van der Waals surface area contributed by atoms with E-state index in [4.69, 9.17) is 22.8 Å². The maximum atomic E-state index is 10.9. The van der Waals surface area contributed by atoms with Crippen LogP contribution < -0.4 is 10.6 Å². The van der Waals surface area contributed by atoms with E-state index in [2.05, 4.69) is 80.6 Å². The summed E-state index contributed by atoms with van der Waals surface area (Å²) in [4.78, 5) is 0. The Bertz CT molecular complexity index is 1060. The molecule has 0 aliphatic carbocycles. The van der Waals surface area contributed by atoms with E-state index in [9.17, 15) is 5.11 Å². The van der Waals surface area contributed by atoms with Crippen LogP contribution in [0.2, 0.25) is 5.02 Å². The predicted molar refractivity (Wildman–Crippen MR) is 159 cm³/mol. The van der Waals surface area contributed by atoms with Gasteiger partial charge in [-0.15, -0.1) is 0 Å². The van der Waals surface area contributed by atoms with Gasteiger partial charge in [-0.1, -0.05) is 0 Å². The number of rotatable bonds is 13. The third kappa shape index (κ3) is 6.71.